The van der Waals surface area contributed by atoms with Crippen LogP contribution in [0.2, 0.25) is 0 Å². The summed E-state index contributed by atoms with van der Waals surface area (Å²) in [5, 5.41) is 3.31. The topological polar surface area (TPSA) is 55.1 Å². The Morgan fingerprint density at radius 1 is 1.19 bits per heavy atom. The van der Waals surface area contributed by atoms with E-state index in [2.05, 4.69) is 12.2 Å². The highest BCUT2D eigenvalue weighted by molar-refractivity contribution is 5.91. The van der Waals surface area contributed by atoms with Gasteiger partial charge in [0.25, 0.3) is 0 Å². The maximum Gasteiger partial charge on any atom is 0.230 e. The number of benzene rings is 1. The first-order valence-corrected chi connectivity index (χ1v) is 8.31. The van der Waals surface area contributed by atoms with E-state index in [-0.39, 0.29) is 11.3 Å². The number of carbonyl (C=O) groups is 1. The third kappa shape index (κ3) is 2.92. The minimum Gasteiger partial charge on any atom is -0.399 e. The highest BCUT2D eigenvalue weighted by Crippen LogP contribution is 2.48. The van der Waals surface area contributed by atoms with Crippen molar-refractivity contribution in [1.82, 2.24) is 5.32 Å². The molecule has 2 saturated carbocycles. The highest BCUT2D eigenvalue weighted by atomic mass is 16.2. The summed E-state index contributed by atoms with van der Waals surface area (Å²) in [7, 11) is 0. The fourth-order valence-electron chi connectivity index (χ4n) is 3.61. The Morgan fingerprint density at radius 2 is 1.81 bits per heavy atom. The van der Waals surface area contributed by atoms with Gasteiger partial charge >= 0.3 is 0 Å². The molecule has 3 rings (SSSR count). The summed E-state index contributed by atoms with van der Waals surface area (Å²) in [5.74, 6) is 1.09. The van der Waals surface area contributed by atoms with Crippen LogP contribution in [0.15, 0.2) is 24.3 Å². The molecule has 0 aromatic heterocycles. The zero-order chi connectivity index (χ0) is 14.9. The van der Waals surface area contributed by atoms with Crippen LogP contribution in [-0.2, 0) is 10.2 Å². The van der Waals surface area contributed by atoms with E-state index >= 15 is 0 Å². The second-order valence-corrected chi connectivity index (χ2v) is 6.80. The van der Waals surface area contributed by atoms with Crippen LogP contribution in [0.5, 0.6) is 0 Å². The van der Waals surface area contributed by atoms with Gasteiger partial charge in [-0.3, -0.25) is 4.79 Å². The van der Waals surface area contributed by atoms with Crippen molar-refractivity contribution in [2.75, 3.05) is 5.73 Å². The van der Waals surface area contributed by atoms with Gasteiger partial charge in [-0.15, -0.1) is 0 Å². The molecule has 0 atom stereocenters. The Kier molecular flexibility index (Phi) is 3.92. The van der Waals surface area contributed by atoms with Crippen molar-refractivity contribution >= 4 is 11.6 Å². The summed E-state index contributed by atoms with van der Waals surface area (Å²) in [6.07, 6.45) is 8.01. The van der Waals surface area contributed by atoms with Gasteiger partial charge in [-0.05, 0) is 62.1 Å². The van der Waals surface area contributed by atoms with Gasteiger partial charge in [0.05, 0.1) is 5.41 Å². The third-order valence-corrected chi connectivity index (χ3v) is 5.41. The van der Waals surface area contributed by atoms with E-state index in [0.29, 0.717) is 6.04 Å². The van der Waals surface area contributed by atoms with Gasteiger partial charge in [0.1, 0.15) is 0 Å². The van der Waals surface area contributed by atoms with Gasteiger partial charge in [-0.2, -0.15) is 0 Å². The molecule has 3 nitrogen and oxygen atoms in total. The molecule has 1 amide bonds. The Hall–Kier alpha value is -1.51. The lowest BCUT2D eigenvalue weighted by Crippen LogP contribution is -2.43. The SMILES string of the molecule is CCC1CCC(NC(=O)C2(c3ccc(N)cc3)CC2)CC1. The molecule has 2 aliphatic rings. The van der Waals surface area contributed by atoms with Crippen LogP contribution in [0, 0.1) is 5.92 Å². The number of nitrogens with one attached hydrogen (secondary N) is 1. The van der Waals surface area contributed by atoms with E-state index in [4.69, 9.17) is 5.73 Å². The molecule has 0 aliphatic heterocycles. The maximum atomic E-state index is 12.7. The van der Waals surface area contributed by atoms with Gasteiger partial charge in [0, 0.05) is 11.7 Å². The van der Waals surface area contributed by atoms with Crippen LogP contribution < -0.4 is 11.1 Å². The molecular formula is C18H26N2O. The van der Waals surface area contributed by atoms with Crippen molar-refractivity contribution in [3.63, 3.8) is 0 Å². The summed E-state index contributed by atoms with van der Waals surface area (Å²) in [5.41, 5.74) is 7.35. The summed E-state index contributed by atoms with van der Waals surface area (Å²) in [6.45, 7) is 2.27. The van der Waals surface area contributed by atoms with Crippen molar-refractivity contribution in [1.29, 1.82) is 0 Å². The molecule has 2 aliphatic carbocycles. The smallest absolute Gasteiger partial charge is 0.230 e. The number of rotatable bonds is 4. The first-order valence-electron chi connectivity index (χ1n) is 8.31. The van der Waals surface area contributed by atoms with Crippen molar-refractivity contribution < 1.29 is 4.79 Å². The minimum atomic E-state index is -0.269. The number of carbonyl (C=O) groups excluding carboxylic acids is 1. The normalized spacial score (nSPS) is 27.1. The number of hydrogen-bond donors (Lipinski definition) is 2. The van der Waals surface area contributed by atoms with Crippen LogP contribution in [0.1, 0.15) is 57.4 Å². The number of nitrogens with two attached hydrogens (primary N) is 1. The van der Waals surface area contributed by atoms with Crippen molar-refractivity contribution in [3.8, 4) is 0 Å². The highest BCUT2D eigenvalue weighted by Gasteiger charge is 2.51. The molecule has 0 heterocycles. The lowest BCUT2D eigenvalue weighted by atomic mass is 9.84. The molecule has 2 fully saturated rings. The third-order valence-electron chi connectivity index (χ3n) is 5.41. The molecule has 0 unspecified atom stereocenters. The number of anilines is 1. The molecule has 0 radical (unpaired) electrons. The van der Waals surface area contributed by atoms with Gasteiger partial charge in [-0.25, -0.2) is 0 Å². The Morgan fingerprint density at radius 3 is 2.33 bits per heavy atom. The quantitative estimate of drug-likeness (QED) is 0.834. The molecule has 0 spiro atoms. The fourth-order valence-corrected chi connectivity index (χ4v) is 3.61. The second-order valence-electron chi connectivity index (χ2n) is 6.80. The van der Waals surface area contributed by atoms with E-state index in [1.54, 1.807) is 0 Å². The first kappa shape index (κ1) is 14.4. The van der Waals surface area contributed by atoms with Crippen molar-refractivity contribution in [2.45, 2.75) is 63.3 Å². The average molecular weight is 286 g/mol. The Balaban J connectivity index is 1.62. The van der Waals surface area contributed by atoms with Crippen LogP contribution in [0.4, 0.5) is 5.69 Å². The molecule has 114 valence electrons. The van der Waals surface area contributed by atoms with Gasteiger partial charge < -0.3 is 11.1 Å². The lowest BCUT2D eigenvalue weighted by Gasteiger charge is -2.30. The molecule has 0 bridgehead atoms. The second kappa shape index (κ2) is 5.70. The molecule has 1 aromatic carbocycles. The first-order chi connectivity index (χ1) is 10.1. The molecule has 3 heteroatoms. The van der Waals surface area contributed by atoms with Crippen LogP contribution in [-0.4, -0.2) is 11.9 Å². The molecule has 0 saturated heterocycles. The summed E-state index contributed by atoms with van der Waals surface area (Å²) < 4.78 is 0. The van der Waals surface area contributed by atoms with Crippen LogP contribution >= 0.6 is 0 Å². The summed E-state index contributed by atoms with van der Waals surface area (Å²) in [6, 6.07) is 8.20. The standard InChI is InChI=1S/C18H26N2O/c1-2-13-3-9-16(10-4-13)20-17(21)18(11-12-18)14-5-7-15(19)8-6-14/h5-8,13,16H,2-4,9-12,19H2,1H3,(H,20,21). The van der Waals surface area contributed by atoms with Crippen molar-refractivity contribution in [3.05, 3.63) is 29.8 Å². The molecule has 1 aromatic rings. The van der Waals surface area contributed by atoms with E-state index in [9.17, 15) is 4.79 Å². The zero-order valence-corrected chi connectivity index (χ0v) is 12.9. The zero-order valence-electron chi connectivity index (χ0n) is 12.9. The lowest BCUT2D eigenvalue weighted by molar-refractivity contribution is -0.124. The van der Waals surface area contributed by atoms with E-state index in [0.717, 1.165) is 42.9 Å². The fraction of sp³-hybridized carbons (Fsp3) is 0.611. The number of nitrogen functional groups attached to an aromatic ring is 1. The Labute approximate surface area is 127 Å². The number of hydrogen-bond acceptors (Lipinski definition) is 2. The largest absolute Gasteiger partial charge is 0.399 e. The molecule has 3 N–H and O–H groups in total. The molecule has 21 heavy (non-hydrogen) atoms. The van der Waals surface area contributed by atoms with E-state index < -0.39 is 0 Å². The van der Waals surface area contributed by atoms with Gasteiger partial charge in [0.15, 0.2) is 0 Å². The summed E-state index contributed by atoms with van der Waals surface area (Å²) >= 11 is 0. The van der Waals surface area contributed by atoms with Gasteiger partial charge in [-0.1, -0.05) is 25.5 Å². The average Bonchev–Trinajstić information content (AvgIpc) is 3.30. The van der Waals surface area contributed by atoms with E-state index in [1.807, 2.05) is 24.3 Å². The van der Waals surface area contributed by atoms with Crippen LogP contribution in [0.25, 0.3) is 0 Å². The van der Waals surface area contributed by atoms with Crippen molar-refractivity contribution in [2.24, 2.45) is 5.92 Å². The predicted molar refractivity (Wildman–Crippen MR) is 85.9 cm³/mol. The maximum absolute atomic E-state index is 12.7. The van der Waals surface area contributed by atoms with E-state index in [1.165, 1.54) is 19.3 Å². The van der Waals surface area contributed by atoms with Gasteiger partial charge in [0.2, 0.25) is 5.91 Å². The van der Waals surface area contributed by atoms with Crippen LogP contribution in [0.3, 0.4) is 0 Å². The number of amides is 1. The monoisotopic (exact) mass is 286 g/mol. The summed E-state index contributed by atoms with van der Waals surface area (Å²) in [4.78, 5) is 12.7. The predicted octanol–water partition coefficient (Wildman–Crippen LogP) is 3.39. The Bertz CT molecular complexity index is 496. The minimum absolute atomic E-state index is 0.229. The molecular weight excluding hydrogens is 260 g/mol.